The Kier molecular flexibility index (Phi) is 5.18. The number of rotatable bonds is 6. The van der Waals surface area contributed by atoms with E-state index in [1.807, 2.05) is 47.8 Å². The van der Waals surface area contributed by atoms with Crippen LogP contribution in [0.15, 0.2) is 65.6 Å². The van der Waals surface area contributed by atoms with E-state index in [2.05, 4.69) is 10.3 Å². The number of amides is 1. The summed E-state index contributed by atoms with van der Waals surface area (Å²) in [4.78, 5) is 17.1. The summed E-state index contributed by atoms with van der Waals surface area (Å²) >= 11 is 1.58. The van der Waals surface area contributed by atoms with Crippen molar-refractivity contribution < 1.29 is 9.53 Å². The number of ether oxygens (including phenoxy) is 1. The number of aromatic nitrogens is 1. The van der Waals surface area contributed by atoms with Gasteiger partial charge in [-0.05, 0) is 43.2 Å². The second-order valence-electron chi connectivity index (χ2n) is 6.42. The Morgan fingerprint density at radius 3 is 2.68 bits per heavy atom. The van der Waals surface area contributed by atoms with Crippen LogP contribution < -0.4 is 10.1 Å². The van der Waals surface area contributed by atoms with Crippen LogP contribution in [0.5, 0.6) is 11.5 Å². The van der Waals surface area contributed by atoms with E-state index in [9.17, 15) is 10.1 Å². The van der Waals surface area contributed by atoms with Gasteiger partial charge in [0.1, 0.15) is 17.4 Å². The molecule has 138 valence electrons. The number of para-hydroxylation sites is 3. The zero-order chi connectivity index (χ0) is 19.3. The summed E-state index contributed by atoms with van der Waals surface area (Å²) in [5.74, 6) is 1.22. The van der Waals surface area contributed by atoms with E-state index in [0.717, 1.165) is 5.01 Å². The van der Waals surface area contributed by atoms with Crippen molar-refractivity contribution >= 4 is 29.0 Å². The highest BCUT2D eigenvalue weighted by molar-refractivity contribution is 7.09. The van der Waals surface area contributed by atoms with Gasteiger partial charge in [0.05, 0.1) is 16.4 Å². The van der Waals surface area contributed by atoms with Crippen molar-refractivity contribution in [3.63, 3.8) is 0 Å². The molecule has 1 aromatic heterocycles. The molecule has 0 atom stereocenters. The van der Waals surface area contributed by atoms with E-state index in [-0.39, 0.29) is 5.57 Å². The second-order valence-corrected chi connectivity index (χ2v) is 7.31. The minimum atomic E-state index is -0.493. The summed E-state index contributed by atoms with van der Waals surface area (Å²) in [5, 5.41) is 15.2. The first kappa shape index (κ1) is 18.0. The van der Waals surface area contributed by atoms with Gasteiger partial charge >= 0.3 is 0 Å². The molecule has 2 aromatic carbocycles. The molecule has 1 amide bonds. The fourth-order valence-electron chi connectivity index (χ4n) is 2.65. The molecular weight excluding hydrogens is 370 g/mol. The van der Waals surface area contributed by atoms with Crippen LogP contribution in [-0.4, -0.2) is 10.9 Å². The van der Waals surface area contributed by atoms with Crippen LogP contribution >= 0.6 is 11.3 Å². The number of nitrogens with zero attached hydrogens (tertiary/aromatic N) is 2. The highest BCUT2D eigenvalue weighted by atomic mass is 32.1. The van der Waals surface area contributed by atoms with Crippen molar-refractivity contribution in [2.45, 2.75) is 18.8 Å². The third kappa shape index (κ3) is 4.27. The van der Waals surface area contributed by atoms with Crippen LogP contribution in [0.4, 0.5) is 5.69 Å². The number of carbonyl (C=O) groups excluding carboxylic acids is 1. The first-order chi connectivity index (χ1) is 13.7. The maximum absolute atomic E-state index is 12.6. The zero-order valence-corrected chi connectivity index (χ0v) is 15.8. The standard InChI is InChI=1S/C22H17N3O2S/c23-13-16(12-17-14-28-22(24-17)15-10-11-15)21(26)25-19-8-4-5-9-20(19)27-18-6-2-1-3-7-18/h1-9,12,14-15H,10-11H2,(H,25,26)/b16-12-. The highest BCUT2D eigenvalue weighted by Crippen LogP contribution is 2.41. The number of thiazole rings is 1. The number of benzene rings is 2. The summed E-state index contributed by atoms with van der Waals surface area (Å²) in [6.45, 7) is 0. The molecule has 0 bridgehead atoms. The van der Waals surface area contributed by atoms with E-state index in [0.29, 0.717) is 28.8 Å². The summed E-state index contributed by atoms with van der Waals surface area (Å²) in [7, 11) is 0. The molecule has 0 saturated heterocycles. The van der Waals surface area contributed by atoms with Crippen molar-refractivity contribution in [3.8, 4) is 17.6 Å². The van der Waals surface area contributed by atoms with Crippen LogP contribution in [0.25, 0.3) is 6.08 Å². The van der Waals surface area contributed by atoms with Gasteiger partial charge in [-0.3, -0.25) is 4.79 Å². The number of hydrogen-bond donors (Lipinski definition) is 1. The zero-order valence-electron chi connectivity index (χ0n) is 15.0. The monoisotopic (exact) mass is 387 g/mol. The Bertz CT molecular complexity index is 1060. The molecule has 6 heteroatoms. The Hall–Kier alpha value is -3.43. The lowest BCUT2D eigenvalue weighted by atomic mass is 10.2. The Morgan fingerprint density at radius 1 is 1.18 bits per heavy atom. The number of anilines is 1. The molecule has 3 aromatic rings. The van der Waals surface area contributed by atoms with Crippen LogP contribution in [0.2, 0.25) is 0 Å². The Morgan fingerprint density at radius 2 is 1.93 bits per heavy atom. The minimum absolute atomic E-state index is 0.00200. The van der Waals surface area contributed by atoms with Gasteiger partial charge in [-0.1, -0.05) is 30.3 Å². The maximum Gasteiger partial charge on any atom is 0.266 e. The Balaban J connectivity index is 1.52. The van der Waals surface area contributed by atoms with Gasteiger partial charge in [-0.2, -0.15) is 5.26 Å². The van der Waals surface area contributed by atoms with Crippen molar-refractivity contribution in [2.24, 2.45) is 0 Å². The average Bonchev–Trinajstić information content (AvgIpc) is 3.47. The molecule has 0 unspecified atom stereocenters. The van der Waals surface area contributed by atoms with Crippen molar-refractivity contribution in [1.29, 1.82) is 5.26 Å². The maximum atomic E-state index is 12.6. The van der Waals surface area contributed by atoms with Gasteiger partial charge in [0, 0.05) is 11.3 Å². The molecule has 5 nitrogen and oxygen atoms in total. The number of hydrogen-bond acceptors (Lipinski definition) is 5. The topological polar surface area (TPSA) is 75.0 Å². The number of nitrogens with one attached hydrogen (secondary N) is 1. The summed E-state index contributed by atoms with van der Waals surface area (Å²) < 4.78 is 5.85. The molecule has 1 fully saturated rings. The van der Waals surface area contributed by atoms with E-state index >= 15 is 0 Å². The fraction of sp³-hybridized carbons (Fsp3) is 0.136. The fourth-order valence-corrected chi connectivity index (χ4v) is 3.59. The van der Waals surface area contributed by atoms with E-state index in [1.54, 1.807) is 29.5 Å². The lowest BCUT2D eigenvalue weighted by Gasteiger charge is -2.11. The van der Waals surface area contributed by atoms with Crippen LogP contribution in [0.1, 0.15) is 29.5 Å². The third-order valence-corrected chi connectivity index (χ3v) is 5.26. The second kappa shape index (κ2) is 8.07. The van der Waals surface area contributed by atoms with Gasteiger partial charge in [-0.25, -0.2) is 4.98 Å². The van der Waals surface area contributed by atoms with Crippen molar-refractivity contribution in [1.82, 2.24) is 4.98 Å². The molecule has 28 heavy (non-hydrogen) atoms. The van der Waals surface area contributed by atoms with Gasteiger partial charge in [0.2, 0.25) is 0 Å². The van der Waals surface area contributed by atoms with Crippen LogP contribution in [0.3, 0.4) is 0 Å². The Labute approximate surface area is 166 Å². The predicted octanol–water partition coefficient (Wildman–Crippen LogP) is 5.36. The summed E-state index contributed by atoms with van der Waals surface area (Å²) in [6.07, 6.45) is 3.86. The molecule has 1 heterocycles. The molecule has 1 aliphatic rings. The average molecular weight is 387 g/mol. The third-order valence-electron chi connectivity index (χ3n) is 4.23. The molecule has 1 aliphatic carbocycles. The van der Waals surface area contributed by atoms with Crippen molar-refractivity contribution in [2.75, 3.05) is 5.32 Å². The first-order valence-electron chi connectivity index (χ1n) is 8.93. The predicted molar refractivity (Wildman–Crippen MR) is 109 cm³/mol. The largest absolute Gasteiger partial charge is 0.455 e. The molecule has 1 saturated carbocycles. The number of nitriles is 1. The molecular formula is C22H17N3O2S. The lowest BCUT2D eigenvalue weighted by Crippen LogP contribution is -2.14. The quantitative estimate of drug-likeness (QED) is 0.456. The molecule has 4 rings (SSSR count). The summed E-state index contributed by atoms with van der Waals surface area (Å²) in [6, 6.07) is 18.4. The van der Waals surface area contributed by atoms with Gasteiger partial charge in [0.15, 0.2) is 5.75 Å². The number of carbonyl (C=O) groups is 1. The van der Waals surface area contributed by atoms with E-state index in [4.69, 9.17) is 4.74 Å². The van der Waals surface area contributed by atoms with Crippen LogP contribution in [-0.2, 0) is 4.79 Å². The molecule has 1 N–H and O–H groups in total. The first-order valence-corrected chi connectivity index (χ1v) is 9.81. The van der Waals surface area contributed by atoms with Gasteiger partial charge in [0.25, 0.3) is 5.91 Å². The summed E-state index contributed by atoms with van der Waals surface area (Å²) in [5.41, 5.74) is 1.14. The normalized spacial score (nSPS) is 13.6. The van der Waals surface area contributed by atoms with E-state index in [1.165, 1.54) is 18.9 Å². The van der Waals surface area contributed by atoms with Gasteiger partial charge < -0.3 is 10.1 Å². The van der Waals surface area contributed by atoms with Crippen LogP contribution in [0, 0.1) is 11.3 Å². The lowest BCUT2D eigenvalue weighted by molar-refractivity contribution is -0.112. The minimum Gasteiger partial charge on any atom is -0.455 e. The highest BCUT2D eigenvalue weighted by Gasteiger charge is 2.26. The molecule has 0 spiro atoms. The van der Waals surface area contributed by atoms with Crippen molar-refractivity contribution in [3.05, 3.63) is 76.3 Å². The smallest absolute Gasteiger partial charge is 0.266 e. The van der Waals surface area contributed by atoms with Gasteiger partial charge in [-0.15, -0.1) is 11.3 Å². The van der Waals surface area contributed by atoms with E-state index < -0.39 is 5.91 Å². The SMILES string of the molecule is N#C/C(=C/c1csc(C2CC2)n1)C(=O)Nc1ccccc1Oc1ccccc1. The molecule has 0 radical (unpaired) electrons. The molecule has 0 aliphatic heterocycles.